The molecular formula is C15H23ClN2O2. The number of nitrogens with two attached hydrogens (primary N) is 1. The molecule has 1 atom stereocenters. The molecule has 5 heteroatoms. The van der Waals surface area contributed by atoms with Gasteiger partial charge in [-0.1, -0.05) is 31.4 Å². The van der Waals surface area contributed by atoms with Crippen molar-refractivity contribution < 1.29 is 9.53 Å². The third kappa shape index (κ3) is 5.39. The zero-order chi connectivity index (χ0) is 15.0. The van der Waals surface area contributed by atoms with Crippen LogP contribution in [0.3, 0.4) is 0 Å². The third-order valence-corrected chi connectivity index (χ3v) is 3.38. The van der Waals surface area contributed by atoms with Gasteiger partial charge in [-0.25, -0.2) is 0 Å². The van der Waals surface area contributed by atoms with Gasteiger partial charge in [-0.2, -0.15) is 0 Å². The molecule has 1 aromatic rings. The van der Waals surface area contributed by atoms with Crippen LogP contribution in [0.15, 0.2) is 18.2 Å². The first-order valence-corrected chi connectivity index (χ1v) is 7.30. The summed E-state index contributed by atoms with van der Waals surface area (Å²) in [5, 5.41) is 3.55. The summed E-state index contributed by atoms with van der Waals surface area (Å²) in [6.45, 7) is 2.57. The minimum Gasteiger partial charge on any atom is -0.496 e. The van der Waals surface area contributed by atoms with E-state index in [-0.39, 0.29) is 18.4 Å². The molecule has 0 bridgehead atoms. The van der Waals surface area contributed by atoms with Crippen molar-refractivity contribution >= 4 is 17.5 Å². The predicted molar refractivity (Wildman–Crippen MR) is 82.2 cm³/mol. The Hall–Kier alpha value is -1.26. The van der Waals surface area contributed by atoms with E-state index in [1.807, 2.05) is 0 Å². The molecule has 0 aromatic heterocycles. The summed E-state index contributed by atoms with van der Waals surface area (Å²) >= 11 is 5.95. The van der Waals surface area contributed by atoms with E-state index in [2.05, 4.69) is 12.2 Å². The Balaban J connectivity index is 2.63. The van der Waals surface area contributed by atoms with Crippen molar-refractivity contribution in [2.45, 2.75) is 38.6 Å². The van der Waals surface area contributed by atoms with Gasteiger partial charge in [0.05, 0.1) is 13.5 Å². The average molecular weight is 299 g/mol. The zero-order valence-corrected chi connectivity index (χ0v) is 12.9. The highest BCUT2D eigenvalue weighted by Gasteiger charge is 2.13. The lowest BCUT2D eigenvalue weighted by Gasteiger charge is -2.17. The van der Waals surface area contributed by atoms with Crippen molar-refractivity contribution in [2.24, 2.45) is 5.73 Å². The molecule has 0 spiro atoms. The number of halogens is 1. The maximum Gasteiger partial charge on any atom is 0.224 e. The molecule has 0 fully saturated rings. The van der Waals surface area contributed by atoms with Gasteiger partial charge < -0.3 is 15.8 Å². The second-order valence-electron chi connectivity index (χ2n) is 4.78. The molecule has 0 aliphatic heterocycles. The summed E-state index contributed by atoms with van der Waals surface area (Å²) in [6.07, 6.45) is 3.30. The average Bonchev–Trinajstić information content (AvgIpc) is 2.43. The predicted octanol–water partition coefficient (Wildman–Crippen LogP) is 2.52. The van der Waals surface area contributed by atoms with Crippen LogP contribution in [0, 0.1) is 0 Å². The minimum atomic E-state index is -0.0582. The smallest absolute Gasteiger partial charge is 0.224 e. The summed E-state index contributed by atoms with van der Waals surface area (Å²) in [5.41, 5.74) is 6.46. The van der Waals surface area contributed by atoms with Crippen LogP contribution in [-0.4, -0.2) is 25.6 Å². The molecule has 0 saturated carbocycles. The maximum atomic E-state index is 12.1. The number of nitrogens with one attached hydrogen (secondary N) is 1. The fourth-order valence-corrected chi connectivity index (χ4v) is 2.23. The standard InChI is InChI=1S/C15H23ClN2O2/c1-3-4-5-13(10-17)18-15(19)9-11-8-12(16)6-7-14(11)20-2/h6-8,13H,3-5,9-10,17H2,1-2H3,(H,18,19). The van der Waals surface area contributed by atoms with Crippen LogP contribution in [-0.2, 0) is 11.2 Å². The molecule has 1 unspecified atom stereocenters. The van der Waals surface area contributed by atoms with Crippen LogP contribution >= 0.6 is 11.6 Å². The highest BCUT2D eigenvalue weighted by atomic mass is 35.5. The van der Waals surface area contributed by atoms with E-state index in [0.29, 0.717) is 17.3 Å². The number of amides is 1. The monoisotopic (exact) mass is 298 g/mol. The van der Waals surface area contributed by atoms with Crippen LogP contribution in [0.1, 0.15) is 31.7 Å². The normalized spacial score (nSPS) is 12.0. The SMILES string of the molecule is CCCCC(CN)NC(=O)Cc1cc(Cl)ccc1OC. The Kier molecular flexibility index (Phi) is 7.41. The molecular weight excluding hydrogens is 276 g/mol. The molecule has 0 saturated heterocycles. The van der Waals surface area contributed by atoms with Gasteiger partial charge in [0.2, 0.25) is 5.91 Å². The molecule has 0 radical (unpaired) electrons. The van der Waals surface area contributed by atoms with E-state index >= 15 is 0 Å². The summed E-state index contributed by atoms with van der Waals surface area (Å²) in [7, 11) is 1.58. The molecule has 0 aliphatic rings. The van der Waals surface area contributed by atoms with E-state index in [1.165, 1.54) is 0 Å². The summed E-state index contributed by atoms with van der Waals surface area (Å²) in [4.78, 5) is 12.1. The number of rotatable bonds is 8. The lowest BCUT2D eigenvalue weighted by atomic mass is 10.1. The van der Waals surface area contributed by atoms with Crippen molar-refractivity contribution in [3.63, 3.8) is 0 Å². The fourth-order valence-electron chi connectivity index (χ4n) is 2.04. The van der Waals surface area contributed by atoms with Crippen LogP contribution in [0.4, 0.5) is 0 Å². The van der Waals surface area contributed by atoms with Gasteiger partial charge in [0.25, 0.3) is 0 Å². The quantitative estimate of drug-likeness (QED) is 0.775. The molecule has 112 valence electrons. The van der Waals surface area contributed by atoms with Crippen LogP contribution in [0.25, 0.3) is 0 Å². The Bertz CT molecular complexity index is 438. The number of ether oxygens (including phenoxy) is 1. The third-order valence-electron chi connectivity index (χ3n) is 3.15. The zero-order valence-electron chi connectivity index (χ0n) is 12.1. The fraction of sp³-hybridized carbons (Fsp3) is 0.533. The number of benzene rings is 1. The second-order valence-corrected chi connectivity index (χ2v) is 5.21. The molecule has 0 aliphatic carbocycles. The van der Waals surface area contributed by atoms with Crippen LogP contribution < -0.4 is 15.8 Å². The number of hydrogen-bond donors (Lipinski definition) is 2. The Morgan fingerprint density at radius 1 is 1.50 bits per heavy atom. The van der Waals surface area contributed by atoms with Crippen molar-refractivity contribution in [2.75, 3.05) is 13.7 Å². The van der Waals surface area contributed by atoms with Gasteiger partial charge in [0.15, 0.2) is 0 Å². The van der Waals surface area contributed by atoms with Gasteiger partial charge in [-0.3, -0.25) is 4.79 Å². The Labute approximate surface area is 125 Å². The first kappa shape index (κ1) is 16.8. The summed E-state index contributed by atoms with van der Waals surface area (Å²) < 4.78 is 5.23. The van der Waals surface area contributed by atoms with E-state index < -0.39 is 0 Å². The van der Waals surface area contributed by atoms with Crippen LogP contribution in [0.5, 0.6) is 5.75 Å². The maximum absolute atomic E-state index is 12.1. The van der Waals surface area contributed by atoms with Gasteiger partial charge in [-0.05, 0) is 24.6 Å². The summed E-state index contributed by atoms with van der Waals surface area (Å²) in [5.74, 6) is 0.611. The van der Waals surface area contributed by atoms with Gasteiger partial charge in [-0.15, -0.1) is 0 Å². The van der Waals surface area contributed by atoms with E-state index in [0.717, 1.165) is 24.8 Å². The van der Waals surface area contributed by atoms with Crippen LogP contribution in [0.2, 0.25) is 5.02 Å². The van der Waals surface area contributed by atoms with Crippen molar-refractivity contribution in [1.82, 2.24) is 5.32 Å². The van der Waals surface area contributed by atoms with E-state index in [1.54, 1.807) is 25.3 Å². The molecule has 0 heterocycles. The van der Waals surface area contributed by atoms with E-state index in [9.17, 15) is 4.79 Å². The molecule has 20 heavy (non-hydrogen) atoms. The highest BCUT2D eigenvalue weighted by Crippen LogP contribution is 2.23. The van der Waals surface area contributed by atoms with Crippen molar-refractivity contribution in [3.05, 3.63) is 28.8 Å². The minimum absolute atomic E-state index is 0.0348. The number of unbranched alkanes of at least 4 members (excludes halogenated alkanes) is 1. The van der Waals surface area contributed by atoms with Crippen molar-refractivity contribution in [3.8, 4) is 5.75 Å². The van der Waals surface area contributed by atoms with Crippen molar-refractivity contribution in [1.29, 1.82) is 0 Å². The number of methoxy groups -OCH3 is 1. The van der Waals surface area contributed by atoms with Gasteiger partial charge in [0, 0.05) is 23.2 Å². The molecule has 1 amide bonds. The van der Waals surface area contributed by atoms with Gasteiger partial charge in [0.1, 0.15) is 5.75 Å². The molecule has 4 nitrogen and oxygen atoms in total. The molecule has 3 N–H and O–H groups in total. The number of carbonyl (C=O) groups excluding carboxylic acids is 1. The highest BCUT2D eigenvalue weighted by molar-refractivity contribution is 6.30. The lowest BCUT2D eigenvalue weighted by Crippen LogP contribution is -2.40. The van der Waals surface area contributed by atoms with E-state index in [4.69, 9.17) is 22.1 Å². The summed E-state index contributed by atoms with van der Waals surface area (Å²) in [6, 6.07) is 5.30. The Morgan fingerprint density at radius 2 is 2.25 bits per heavy atom. The van der Waals surface area contributed by atoms with Gasteiger partial charge >= 0.3 is 0 Å². The number of hydrogen-bond acceptors (Lipinski definition) is 3. The first-order valence-electron chi connectivity index (χ1n) is 6.92. The lowest BCUT2D eigenvalue weighted by molar-refractivity contribution is -0.121. The number of carbonyl (C=O) groups is 1. The largest absolute Gasteiger partial charge is 0.496 e. The Morgan fingerprint density at radius 3 is 2.85 bits per heavy atom. The topological polar surface area (TPSA) is 64.3 Å². The molecule has 1 rings (SSSR count). The first-order chi connectivity index (χ1) is 9.60. The molecule has 1 aromatic carbocycles. The second kappa shape index (κ2) is 8.82.